The third kappa shape index (κ3) is 3.40. The fraction of sp³-hybridized carbons (Fsp3) is 0.400. The molecule has 0 saturated heterocycles. The second-order valence-electron chi connectivity index (χ2n) is 6.46. The van der Waals surface area contributed by atoms with Crippen LogP contribution in [-0.2, 0) is 6.42 Å². The van der Waals surface area contributed by atoms with Crippen molar-refractivity contribution in [3.8, 4) is 0 Å². The van der Waals surface area contributed by atoms with Crippen LogP contribution in [0.5, 0.6) is 0 Å². The van der Waals surface area contributed by atoms with Gasteiger partial charge in [-0.15, -0.1) is 0 Å². The van der Waals surface area contributed by atoms with E-state index in [-0.39, 0.29) is 12.0 Å². The summed E-state index contributed by atoms with van der Waals surface area (Å²) in [5, 5.41) is 10.8. The summed E-state index contributed by atoms with van der Waals surface area (Å²) >= 11 is 0. The summed E-state index contributed by atoms with van der Waals surface area (Å²) in [7, 11) is 0. The number of nitrogens with two attached hydrogens (primary N) is 1. The molecule has 3 N–H and O–H groups in total. The van der Waals surface area contributed by atoms with Crippen molar-refractivity contribution in [2.24, 2.45) is 11.7 Å². The lowest BCUT2D eigenvalue weighted by atomic mass is 9.81. The average molecular weight is 295 g/mol. The number of aliphatic hydroxyl groups is 1. The lowest BCUT2D eigenvalue weighted by Gasteiger charge is -2.29. The van der Waals surface area contributed by atoms with Gasteiger partial charge in [-0.25, -0.2) is 0 Å². The minimum Gasteiger partial charge on any atom is -0.391 e. The van der Waals surface area contributed by atoms with Crippen LogP contribution in [0.4, 0.5) is 0 Å². The SMILES string of the molecule is N[C@@H](Cc1ccccc1)[C@@H](O)[C@H]1CCCC1c1ccccc1. The van der Waals surface area contributed by atoms with Gasteiger partial charge >= 0.3 is 0 Å². The maximum Gasteiger partial charge on any atom is 0.0728 e. The summed E-state index contributed by atoms with van der Waals surface area (Å²) in [6.45, 7) is 0. The van der Waals surface area contributed by atoms with Crippen LogP contribution in [0.3, 0.4) is 0 Å². The van der Waals surface area contributed by atoms with Crippen molar-refractivity contribution in [1.29, 1.82) is 0 Å². The van der Waals surface area contributed by atoms with E-state index in [9.17, 15) is 5.11 Å². The van der Waals surface area contributed by atoms with Crippen LogP contribution < -0.4 is 5.73 Å². The van der Waals surface area contributed by atoms with Crippen LogP contribution in [-0.4, -0.2) is 17.3 Å². The first kappa shape index (κ1) is 15.3. The summed E-state index contributed by atoms with van der Waals surface area (Å²) in [6.07, 6.45) is 3.71. The highest BCUT2D eigenvalue weighted by atomic mass is 16.3. The Morgan fingerprint density at radius 1 is 0.955 bits per heavy atom. The normalized spacial score (nSPS) is 24.1. The summed E-state index contributed by atoms with van der Waals surface area (Å²) in [4.78, 5) is 0. The van der Waals surface area contributed by atoms with E-state index in [2.05, 4.69) is 36.4 Å². The molecule has 0 radical (unpaired) electrons. The Bertz CT molecular complexity index is 569. The zero-order valence-electron chi connectivity index (χ0n) is 12.9. The fourth-order valence-corrected chi connectivity index (χ4v) is 3.84. The highest BCUT2D eigenvalue weighted by Crippen LogP contribution is 2.42. The molecule has 2 aromatic rings. The van der Waals surface area contributed by atoms with Crippen molar-refractivity contribution in [3.05, 3.63) is 71.8 Å². The Balaban J connectivity index is 1.69. The van der Waals surface area contributed by atoms with Gasteiger partial charge in [0.05, 0.1) is 6.10 Å². The van der Waals surface area contributed by atoms with E-state index in [0.29, 0.717) is 5.92 Å². The van der Waals surface area contributed by atoms with Gasteiger partial charge in [0.2, 0.25) is 0 Å². The first-order chi connectivity index (χ1) is 10.8. The van der Waals surface area contributed by atoms with Crippen molar-refractivity contribution in [2.45, 2.75) is 43.7 Å². The van der Waals surface area contributed by atoms with Crippen molar-refractivity contribution in [2.75, 3.05) is 0 Å². The van der Waals surface area contributed by atoms with Crippen molar-refractivity contribution >= 4 is 0 Å². The van der Waals surface area contributed by atoms with Gasteiger partial charge in [-0.05, 0) is 42.2 Å². The number of aliphatic hydroxyl groups excluding tert-OH is 1. The summed E-state index contributed by atoms with van der Waals surface area (Å²) in [5.74, 6) is 0.721. The van der Waals surface area contributed by atoms with E-state index in [0.717, 1.165) is 19.3 Å². The maximum atomic E-state index is 10.8. The smallest absolute Gasteiger partial charge is 0.0728 e. The third-order valence-electron chi connectivity index (χ3n) is 4.99. The van der Waals surface area contributed by atoms with Crippen molar-refractivity contribution in [1.82, 2.24) is 0 Å². The third-order valence-corrected chi connectivity index (χ3v) is 4.99. The molecule has 3 rings (SSSR count). The largest absolute Gasteiger partial charge is 0.391 e. The Kier molecular flexibility index (Phi) is 4.91. The van der Waals surface area contributed by atoms with Gasteiger partial charge in [0.25, 0.3) is 0 Å². The number of rotatable bonds is 5. The van der Waals surface area contributed by atoms with Crippen molar-refractivity contribution in [3.63, 3.8) is 0 Å². The summed E-state index contributed by atoms with van der Waals surface area (Å²) in [6, 6.07) is 20.6. The molecule has 2 heteroatoms. The van der Waals surface area contributed by atoms with Gasteiger partial charge in [0, 0.05) is 6.04 Å². The lowest BCUT2D eigenvalue weighted by molar-refractivity contribution is 0.0763. The second-order valence-corrected chi connectivity index (χ2v) is 6.46. The molecule has 1 unspecified atom stereocenters. The highest BCUT2D eigenvalue weighted by Gasteiger charge is 2.36. The second kappa shape index (κ2) is 7.08. The minimum atomic E-state index is -0.437. The van der Waals surface area contributed by atoms with E-state index >= 15 is 0 Å². The van der Waals surface area contributed by atoms with Gasteiger partial charge in [-0.2, -0.15) is 0 Å². The molecule has 1 aliphatic rings. The molecule has 0 aliphatic heterocycles. The topological polar surface area (TPSA) is 46.2 Å². The molecule has 1 aliphatic carbocycles. The molecule has 22 heavy (non-hydrogen) atoms. The fourth-order valence-electron chi connectivity index (χ4n) is 3.84. The number of hydrogen-bond acceptors (Lipinski definition) is 2. The van der Waals surface area contributed by atoms with Gasteiger partial charge in [-0.3, -0.25) is 0 Å². The van der Waals surface area contributed by atoms with Crippen LogP contribution >= 0.6 is 0 Å². The summed E-state index contributed by atoms with van der Waals surface area (Å²) < 4.78 is 0. The van der Waals surface area contributed by atoms with Gasteiger partial charge in [0.1, 0.15) is 0 Å². The van der Waals surface area contributed by atoms with E-state index in [1.54, 1.807) is 0 Å². The van der Waals surface area contributed by atoms with Crippen LogP contribution in [0.2, 0.25) is 0 Å². The Labute approximate surface area is 133 Å². The van der Waals surface area contributed by atoms with Gasteiger partial charge in [-0.1, -0.05) is 67.1 Å². The first-order valence-electron chi connectivity index (χ1n) is 8.28. The molecule has 2 nitrogen and oxygen atoms in total. The predicted molar refractivity (Wildman–Crippen MR) is 90.7 cm³/mol. The Hall–Kier alpha value is -1.64. The monoisotopic (exact) mass is 295 g/mol. The average Bonchev–Trinajstić information content (AvgIpc) is 3.05. The molecule has 0 bridgehead atoms. The maximum absolute atomic E-state index is 10.8. The molecular weight excluding hydrogens is 270 g/mol. The zero-order valence-corrected chi connectivity index (χ0v) is 12.9. The van der Waals surface area contributed by atoms with E-state index < -0.39 is 6.10 Å². The lowest BCUT2D eigenvalue weighted by Crippen LogP contribution is -2.42. The first-order valence-corrected chi connectivity index (χ1v) is 8.28. The Morgan fingerprint density at radius 3 is 2.27 bits per heavy atom. The van der Waals surface area contributed by atoms with E-state index in [4.69, 9.17) is 5.73 Å². The van der Waals surface area contributed by atoms with Gasteiger partial charge in [0.15, 0.2) is 0 Å². The molecule has 0 heterocycles. The highest BCUT2D eigenvalue weighted by molar-refractivity contribution is 5.22. The molecule has 0 spiro atoms. The number of benzene rings is 2. The van der Waals surface area contributed by atoms with Gasteiger partial charge < -0.3 is 10.8 Å². The molecule has 2 aromatic carbocycles. The van der Waals surface area contributed by atoms with E-state index in [1.807, 2.05) is 24.3 Å². The number of hydrogen-bond donors (Lipinski definition) is 2. The predicted octanol–water partition coefficient (Wildman–Crippen LogP) is 3.50. The van der Waals surface area contributed by atoms with Crippen molar-refractivity contribution < 1.29 is 5.11 Å². The minimum absolute atomic E-state index is 0.197. The molecular formula is C20H25NO. The standard InChI is InChI=1S/C20H25NO/c21-19(14-15-8-3-1-4-9-15)20(22)18-13-7-12-17(18)16-10-5-2-6-11-16/h1-6,8-11,17-20,22H,7,12-14,21H2/t17?,18-,19-,20-/m0/s1. The quantitative estimate of drug-likeness (QED) is 0.887. The van der Waals surface area contributed by atoms with Crippen LogP contribution in [0.15, 0.2) is 60.7 Å². The summed E-state index contributed by atoms with van der Waals surface area (Å²) in [5.41, 5.74) is 8.86. The van der Waals surface area contributed by atoms with E-state index in [1.165, 1.54) is 17.5 Å². The molecule has 4 atom stereocenters. The molecule has 116 valence electrons. The molecule has 1 fully saturated rings. The molecule has 1 saturated carbocycles. The zero-order chi connectivity index (χ0) is 15.4. The van der Waals surface area contributed by atoms with Crippen LogP contribution in [0, 0.1) is 5.92 Å². The Morgan fingerprint density at radius 2 is 1.59 bits per heavy atom. The van der Waals surface area contributed by atoms with Crippen LogP contribution in [0.1, 0.15) is 36.3 Å². The molecule has 0 aromatic heterocycles. The molecule has 0 amide bonds. The van der Waals surface area contributed by atoms with Crippen LogP contribution in [0.25, 0.3) is 0 Å².